The molecule has 19 heavy (non-hydrogen) atoms. The monoisotopic (exact) mass is 333 g/mol. The molecule has 0 bridgehead atoms. The molecule has 0 radical (unpaired) electrons. The lowest BCUT2D eigenvalue weighted by atomic mass is 10.2. The molecule has 1 heterocycles. The number of aryl methyl sites for hydroxylation is 1. The summed E-state index contributed by atoms with van der Waals surface area (Å²) in [6, 6.07) is 7.61. The number of hydrogen-bond acceptors (Lipinski definition) is 2. The molecule has 0 amide bonds. The molecule has 0 spiro atoms. The zero-order chi connectivity index (χ0) is 14.0. The van der Waals surface area contributed by atoms with Crippen molar-refractivity contribution in [2.24, 2.45) is 0 Å². The lowest BCUT2D eigenvalue weighted by Crippen LogP contribution is -2.07. The van der Waals surface area contributed by atoms with E-state index in [1.54, 1.807) is 18.2 Å². The summed E-state index contributed by atoms with van der Waals surface area (Å²) in [5.41, 5.74) is -0.308. The third-order valence-electron chi connectivity index (χ3n) is 2.53. The number of benzene rings is 1. The first-order valence-electron chi connectivity index (χ1n) is 5.52. The van der Waals surface area contributed by atoms with E-state index in [9.17, 15) is 13.2 Å². The van der Waals surface area contributed by atoms with Gasteiger partial charge in [-0.1, -0.05) is 15.9 Å². The molecule has 0 fully saturated rings. The van der Waals surface area contributed by atoms with Crippen LogP contribution < -0.4 is 5.32 Å². The molecule has 0 aliphatic heterocycles. The summed E-state index contributed by atoms with van der Waals surface area (Å²) in [5, 5.41) is 2.90. The number of halogens is 4. The van der Waals surface area contributed by atoms with Crippen LogP contribution in [-0.2, 0) is 12.7 Å². The fourth-order valence-electron chi connectivity index (χ4n) is 1.62. The Labute approximate surface area is 116 Å². The first-order chi connectivity index (χ1) is 8.86. The van der Waals surface area contributed by atoms with Crippen molar-refractivity contribution in [3.8, 4) is 0 Å². The Kier molecular flexibility index (Phi) is 3.89. The second-order valence-corrected chi connectivity index (χ2v) is 4.91. The molecule has 0 aliphatic carbocycles. The molecule has 2 nitrogen and oxygen atoms in total. The maximum Gasteiger partial charge on any atom is 0.417 e. The molecule has 1 aromatic carbocycles. The van der Waals surface area contributed by atoms with E-state index < -0.39 is 11.7 Å². The van der Waals surface area contributed by atoms with Crippen LogP contribution in [0.3, 0.4) is 0 Å². The molecule has 2 aromatic rings. The summed E-state index contributed by atoms with van der Waals surface area (Å²) < 4.78 is 43.5. The Morgan fingerprint density at radius 3 is 2.53 bits per heavy atom. The Morgan fingerprint density at radius 1 is 1.21 bits per heavy atom. The molecule has 0 unspecified atom stereocenters. The van der Waals surface area contributed by atoms with Gasteiger partial charge >= 0.3 is 6.18 Å². The molecule has 0 aliphatic rings. The highest BCUT2D eigenvalue weighted by atomic mass is 79.9. The molecule has 0 saturated carbocycles. The van der Waals surface area contributed by atoms with Crippen LogP contribution in [0.25, 0.3) is 0 Å². The van der Waals surface area contributed by atoms with Gasteiger partial charge in [-0.15, -0.1) is 0 Å². The first kappa shape index (κ1) is 14.0. The average Bonchev–Trinajstić information content (AvgIpc) is 2.72. The third kappa shape index (κ3) is 3.53. The van der Waals surface area contributed by atoms with Gasteiger partial charge in [-0.3, -0.25) is 0 Å². The smallest absolute Gasteiger partial charge is 0.417 e. The summed E-state index contributed by atoms with van der Waals surface area (Å²) in [7, 11) is 0. The van der Waals surface area contributed by atoms with Gasteiger partial charge in [0.05, 0.1) is 12.1 Å². The maximum absolute atomic E-state index is 12.7. The second kappa shape index (κ2) is 5.28. The van der Waals surface area contributed by atoms with Crippen LogP contribution in [0.1, 0.15) is 17.1 Å². The number of rotatable bonds is 3. The van der Waals surface area contributed by atoms with E-state index in [1.165, 1.54) is 6.07 Å². The SMILES string of the molecule is Cc1ccc(CNc2ccc(Br)c(C(F)(F)F)c2)o1. The third-order valence-corrected chi connectivity index (χ3v) is 3.23. The number of anilines is 1. The zero-order valence-electron chi connectivity index (χ0n) is 10.0. The maximum atomic E-state index is 12.7. The van der Waals surface area contributed by atoms with E-state index in [2.05, 4.69) is 21.2 Å². The van der Waals surface area contributed by atoms with E-state index >= 15 is 0 Å². The number of furan rings is 1. The topological polar surface area (TPSA) is 25.2 Å². The van der Waals surface area contributed by atoms with E-state index in [1.807, 2.05) is 6.92 Å². The van der Waals surface area contributed by atoms with Crippen LogP contribution in [-0.4, -0.2) is 0 Å². The lowest BCUT2D eigenvalue weighted by molar-refractivity contribution is -0.138. The van der Waals surface area contributed by atoms with Gasteiger partial charge in [0.25, 0.3) is 0 Å². The summed E-state index contributed by atoms with van der Waals surface area (Å²) >= 11 is 2.90. The fraction of sp³-hybridized carbons (Fsp3) is 0.231. The van der Waals surface area contributed by atoms with Crippen molar-refractivity contribution in [3.63, 3.8) is 0 Å². The van der Waals surface area contributed by atoms with Crippen LogP contribution in [0.15, 0.2) is 39.2 Å². The van der Waals surface area contributed by atoms with E-state index in [4.69, 9.17) is 4.42 Å². The lowest BCUT2D eigenvalue weighted by Gasteiger charge is -2.12. The van der Waals surface area contributed by atoms with Gasteiger partial charge < -0.3 is 9.73 Å². The van der Waals surface area contributed by atoms with Crippen molar-refractivity contribution in [2.45, 2.75) is 19.6 Å². The van der Waals surface area contributed by atoms with Gasteiger partial charge in [-0.2, -0.15) is 13.2 Å². The summed E-state index contributed by atoms with van der Waals surface area (Å²) in [6.07, 6.45) is -4.38. The molecular formula is C13H11BrF3NO. The second-order valence-electron chi connectivity index (χ2n) is 4.06. The van der Waals surface area contributed by atoms with Crippen LogP contribution in [0.4, 0.5) is 18.9 Å². The summed E-state index contributed by atoms with van der Waals surface area (Å²) in [5.74, 6) is 1.44. The summed E-state index contributed by atoms with van der Waals surface area (Å²) in [4.78, 5) is 0. The highest BCUT2D eigenvalue weighted by Crippen LogP contribution is 2.36. The van der Waals surface area contributed by atoms with Crippen LogP contribution in [0, 0.1) is 6.92 Å². The highest BCUT2D eigenvalue weighted by molar-refractivity contribution is 9.10. The normalized spacial score (nSPS) is 11.6. The molecule has 1 N–H and O–H groups in total. The first-order valence-corrected chi connectivity index (χ1v) is 6.31. The molecule has 0 atom stereocenters. The van der Waals surface area contributed by atoms with Crippen molar-refractivity contribution in [1.82, 2.24) is 0 Å². The molecule has 102 valence electrons. The minimum absolute atomic E-state index is 0.0272. The number of nitrogens with one attached hydrogen (secondary N) is 1. The molecule has 1 aromatic heterocycles. The van der Waals surface area contributed by atoms with Crippen molar-refractivity contribution in [2.75, 3.05) is 5.32 Å². The highest BCUT2D eigenvalue weighted by Gasteiger charge is 2.33. The average molecular weight is 334 g/mol. The van der Waals surface area contributed by atoms with Crippen molar-refractivity contribution >= 4 is 21.6 Å². The van der Waals surface area contributed by atoms with Gasteiger partial charge in [-0.05, 0) is 37.3 Å². The van der Waals surface area contributed by atoms with Crippen LogP contribution >= 0.6 is 15.9 Å². The molecule has 0 saturated heterocycles. The fourth-order valence-corrected chi connectivity index (χ4v) is 2.09. The van der Waals surface area contributed by atoms with Gasteiger partial charge in [-0.25, -0.2) is 0 Å². The number of hydrogen-bond donors (Lipinski definition) is 1. The largest absolute Gasteiger partial charge is 0.465 e. The summed E-state index contributed by atoms with van der Waals surface area (Å²) in [6.45, 7) is 2.15. The van der Waals surface area contributed by atoms with E-state index in [-0.39, 0.29) is 4.47 Å². The van der Waals surface area contributed by atoms with Crippen molar-refractivity contribution in [1.29, 1.82) is 0 Å². The Balaban J connectivity index is 2.13. The van der Waals surface area contributed by atoms with E-state index in [0.717, 1.165) is 11.8 Å². The van der Waals surface area contributed by atoms with Gasteiger partial charge in [0.2, 0.25) is 0 Å². The van der Waals surface area contributed by atoms with Gasteiger partial charge in [0.15, 0.2) is 0 Å². The molecule has 2 rings (SSSR count). The quantitative estimate of drug-likeness (QED) is 0.856. The van der Waals surface area contributed by atoms with Crippen LogP contribution in [0.2, 0.25) is 0 Å². The Hall–Kier alpha value is -1.43. The Morgan fingerprint density at radius 2 is 1.95 bits per heavy atom. The van der Waals surface area contributed by atoms with Gasteiger partial charge in [0, 0.05) is 10.2 Å². The van der Waals surface area contributed by atoms with Crippen molar-refractivity contribution < 1.29 is 17.6 Å². The van der Waals surface area contributed by atoms with Gasteiger partial charge in [0.1, 0.15) is 11.5 Å². The number of alkyl halides is 3. The zero-order valence-corrected chi connectivity index (χ0v) is 11.6. The predicted octanol–water partition coefficient (Wildman–Crippen LogP) is 4.98. The Bertz CT molecular complexity index is 578. The standard InChI is InChI=1S/C13H11BrF3NO/c1-8-2-4-10(19-8)7-18-9-3-5-12(14)11(6-9)13(15,16)17/h2-6,18H,7H2,1H3. The minimum Gasteiger partial charge on any atom is -0.465 e. The predicted molar refractivity (Wildman–Crippen MR) is 69.9 cm³/mol. The van der Waals surface area contributed by atoms with Crippen molar-refractivity contribution in [3.05, 3.63) is 51.9 Å². The molecule has 6 heteroatoms. The minimum atomic E-state index is -4.38. The van der Waals surface area contributed by atoms with E-state index in [0.29, 0.717) is 18.0 Å². The van der Waals surface area contributed by atoms with Crippen LogP contribution in [0.5, 0.6) is 0 Å². The molecular weight excluding hydrogens is 323 g/mol.